The Balaban J connectivity index is 2.33. The van der Waals surface area contributed by atoms with Crippen molar-refractivity contribution >= 4 is 17.7 Å². The van der Waals surface area contributed by atoms with Crippen molar-refractivity contribution in [2.45, 2.75) is 50.3 Å². The van der Waals surface area contributed by atoms with Crippen LogP contribution in [0.4, 0.5) is 0 Å². The number of carbonyl (C=O) groups is 1. The fraction of sp³-hybridized carbons (Fsp3) is 0.917. The number of hydrogen-bond acceptors (Lipinski definition) is 3. The smallest absolute Gasteiger partial charge is 0.224 e. The Kier molecular flexibility index (Phi) is 6.21. The van der Waals surface area contributed by atoms with Crippen molar-refractivity contribution in [3.8, 4) is 0 Å². The average Bonchev–Trinajstić information content (AvgIpc) is 2.73. The maximum absolute atomic E-state index is 11.9. The van der Waals surface area contributed by atoms with E-state index in [0.717, 1.165) is 30.9 Å². The van der Waals surface area contributed by atoms with Gasteiger partial charge in [-0.1, -0.05) is 13.3 Å². The van der Waals surface area contributed by atoms with Crippen LogP contribution in [0.2, 0.25) is 0 Å². The lowest BCUT2D eigenvalue weighted by Gasteiger charge is -2.18. The highest BCUT2D eigenvalue weighted by Gasteiger charge is 2.26. The molecule has 1 fully saturated rings. The van der Waals surface area contributed by atoms with Crippen molar-refractivity contribution in [1.29, 1.82) is 0 Å². The second-order valence-electron chi connectivity index (χ2n) is 4.60. The van der Waals surface area contributed by atoms with Gasteiger partial charge in [-0.25, -0.2) is 0 Å². The highest BCUT2D eigenvalue weighted by atomic mass is 32.2. The van der Waals surface area contributed by atoms with Crippen molar-refractivity contribution in [3.05, 3.63) is 0 Å². The van der Waals surface area contributed by atoms with E-state index in [1.807, 2.05) is 11.8 Å². The first-order valence-corrected chi connectivity index (χ1v) is 7.53. The van der Waals surface area contributed by atoms with E-state index in [0.29, 0.717) is 12.6 Å². The van der Waals surface area contributed by atoms with Crippen molar-refractivity contribution in [2.75, 3.05) is 12.8 Å². The summed E-state index contributed by atoms with van der Waals surface area (Å²) >= 11 is 1.91. The normalized spacial score (nSPS) is 26.7. The minimum atomic E-state index is 0.0123. The van der Waals surface area contributed by atoms with Crippen LogP contribution in [0, 0.1) is 5.92 Å². The molecule has 16 heavy (non-hydrogen) atoms. The van der Waals surface area contributed by atoms with Crippen LogP contribution in [0.5, 0.6) is 0 Å². The highest BCUT2D eigenvalue weighted by Crippen LogP contribution is 2.28. The van der Waals surface area contributed by atoms with Gasteiger partial charge < -0.3 is 11.1 Å². The molecule has 3 nitrogen and oxygen atoms in total. The van der Waals surface area contributed by atoms with Crippen LogP contribution in [-0.2, 0) is 4.79 Å². The standard InChI is InChI=1S/C12H24N2OS/c1-3-4-9(8-13)12(15)14-10-5-6-11(7-10)16-2/h9-11H,3-8,13H2,1-2H3,(H,14,15). The number of rotatable bonds is 6. The van der Waals surface area contributed by atoms with Gasteiger partial charge in [-0.2, -0.15) is 11.8 Å². The molecular weight excluding hydrogens is 220 g/mol. The van der Waals surface area contributed by atoms with Gasteiger partial charge in [0.05, 0.1) is 5.92 Å². The molecule has 0 heterocycles. The molecule has 0 aliphatic heterocycles. The Bertz CT molecular complexity index is 223. The van der Waals surface area contributed by atoms with Crippen LogP contribution >= 0.6 is 11.8 Å². The van der Waals surface area contributed by atoms with Gasteiger partial charge in [0.15, 0.2) is 0 Å². The second-order valence-corrected chi connectivity index (χ2v) is 5.74. The summed E-state index contributed by atoms with van der Waals surface area (Å²) in [5, 5.41) is 3.88. The summed E-state index contributed by atoms with van der Waals surface area (Å²) < 4.78 is 0. The molecule has 4 heteroatoms. The van der Waals surface area contributed by atoms with Gasteiger partial charge >= 0.3 is 0 Å². The van der Waals surface area contributed by atoms with Crippen LogP contribution in [0.1, 0.15) is 39.0 Å². The van der Waals surface area contributed by atoms with Crippen LogP contribution in [0.3, 0.4) is 0 Å². The molecule has 3 N–H and O–H groups in total. The molecule has 1 aliphatic rings. The SMILES string of the molecule is CCCC(CN)C(=O)NC1CCC(SC)C1. The predicted molar refractivity (Wildman–Crippen MR) is 70.5 cm³/mol. The first-order chi connectivity index (χ1) is 7.71. The maximum Gasteiger partial charge on any atom is 0.224 e. The van der Waals surface area contributed by atoms with Crippen LogP contribution in [0.15, 0.2) is 0 Å². The van der Waals surface area contributed by atoms with E-state index < -0.39 is 0 Å². The zero-order valence-corrected chi connectivity index (χ0v) is 11.2. The Morgan fingerprint density at radius 3 is 2.81 bits per heavy atom. The first kappa shape index (κ1) is 13.8. The van der Waals surface area contributed by atoms with Crippen LogP contribution in [-0.4, -0.2) is 30.0 Å². The molecule has 1 aliphatic carbocycles. The minimum Gasteiger partial charge on any atom is -0.353 e. The third-order valence-corrected chi connectivity index (χ3v) is 4.45. The van der Waals surface area contributed by atoms with Crippen molar-refractivity contribution in [3.63, 3.8) is 0 Å². The third-order valence-electron chi connectivity index (χ3n) is 3.36. The summed E-state index contributed by atoms with van der Waals surface area (Å²) in [4.78, 5) is 11.9. The Morgan fingerprint density at radius 1 is 1.56 bits per heavy atom. The second kappa shape index (κ2) is 7.17. The molecule has 1 saturated carbocycles. The van der Waals surface area contributed by atoms with E-state index >= 15 is 0 Å². The first-order valence-electron chi connectivity index (χ1n) is 6.24. The molecule has 0 aromatic carbocycles. The largest absolute Gasteiger partial charge is 0.353 e. The molecule has 1 rings (SSSR count). The lowest BCUT2D eigenvalue weighted by molar-refractivity contribution is -0.125. The molecule has 1 amide bonds. The predicted octanol–water partition coefficient (Wildman–Crippen LogP) is 1.76. The number of amides is 1. The molecule has 0 aromatic rings. The zero-order valence-electron chi connectivity index (χ0n) is 10.4. The van der Waals surface area contributed by atoms with Gasteiger partial charge in [0.2, 0.25) is 5.91 Å². The average molecular weight is 244 g/mol. The molecule has 94 valence electrons. The summed E-state index contributed by atoms with van der Waals surface area (Å²) in [6.45, 7) is 2.56. The molecule has 0 spiro atoms. The third kappa shape index (κ3) is 3.98. The van der Waals surface area contributed by atoms with E-state index in [9.17, 15) is 4.79 Å². The fourth-order valence-corrected chi connectivity index (χ4v) is 3.11. The van der Waals surface area contributed by atoms with Gasteiger partial charge in [0, 0.05) is 17.8 Å². The van der Waals surface area contributed by atoms with E-state index in [1.54, 1.807) is 0 Å². The number of hydrogen-bond donors (Lipinski definition) is 2. The number of nitrogens with two attached hydrogens (primary N) is 1. The van der Waals surface area contributed by atoms with E-state index in [2.05, 4.69) is 18.5 Å². The Hall–Kier alpha value is -0.220. The van der Waals surface area contributed by atoms with Gasteiger partial charge in [-0.15, -0.1) is 0 Å². The molecule has 3 atom stereocenters. The van der Waals surface area contributed by atoms with E-state index in [1.165, 1.54) is 6.42 Å². The number of carbonyl (C=O) groups excluding carboxylic acids is 1. The van der Waals surface area contributed by atoms with Crippen molar-refractivity contribution in [1.82, 2.24) is 5.32 Å². The number of thioether (sulfide) groups is 1. The number of nitrogens with one attached hydrogen (secondary N) is 1. The topological polar surface area (TPSA) is 55.1 Å². The molecule has 0 aromatic heterocycles. The minimum absolute atomic E-state index is 0.0123. The van der Waals surface area contributed by atoms with Gasteiger partial charge in [0.25, 0.3) is 0 Å². The molecule has 0 radical (unpaired) electrons. The Labute approximate surface area is 103 Å². The Morgan fingerprint density at radius 2 is 2.31 bits per heavy atom. The maximum atomic E-state index is 11.9. The summed E-state index contributed by atoms with van der Waals surface area (Å²) in [5.74, 6) is 0.175. The lowest BCUT2D eigenvalue weighted by atomic mass is 10.0. The molecular formula is C12H24N2OS. The molecule has 0 saturated heterocycles. The molecule has 0 bridgehead atoms. The van der Waals surface area contributed by atoms with E-state index in [4.69, 9.17) is 5.73 Å². The summed E-state index contributed by atoms with van der Waals surface area (Å²) in [6.07, 6.45) is 7.55. The van der Waals surface area contributed by atoms with Crippen molar-refractivity contribution < 1.29 is 4.79 Å². The van der Waals surface area contributed by atoms with Gasteiger partial charge in [0.1, 0.15) is 0 Å². The molecule has 3 unspecified atom stereocenters. The van der Waals surface area contributed by atoms with Crippen LogP contribution < -0.4 is 11.1 Å². The van der Waals surface area contributed by atoms with Crippen molar-refractivity contribution in [2.24, 2.45) is 11.7 Å². The fourth-order valence-electron chi connectivity index (χ4n) is 2.31. The summed E-state index contributed by atoms with van der Waals surface area (Å²) in [7, 11) is 0. The zero-order chi connectivity index (χ0) is 12.0. The monoisotopic (exact) mass is 244 g/mol. The van der Waals surface area contributed by atoms with Crippen LogP contribution in [0.25, 0.3) is 0 Å². The summed E-state index contributed by atoms with van der Waals surface area (Å²) in [5.41, 5.74) is 5.62. The lowest BCUT2D eigenvalue weighted by Crippen LogP contribution is -2.40. The highest BCUT2D eigenvalue weighted by molar-refractivity contribution is 7.99. The quantitative estimate of drug-likeness (QED) is 0.748. The summed E-state index contributed by atoms with van der Waals surface area (Å²) in [6, 6.07) is 0.385. The van der Waals surface area contributed by atoms with Gasteiger partial charge in [-0.3, -0.25) is 4.79 Å². The van der Waals surface area contributed by atoms with E-state index in [-0.39, 0.29) is 11.8 Å². The van der Waals surface area contributed by atoms with Gasteiger partial charge in [-0.05, 0) is 31.9 Å².